The van der Waals surface area contributed by atoms with Crippen LogP contribution in [0.3, 0.4) is 0 Å². The summed E-state index contributed by atoms with van der Waals surface area (Å²) < 4.78 is 0. The minimum absolute atomic E-state index is 0.0795. The van der Waals surface area contributed by atoms with E-state index in [1.54, 1.807) is 6.21 Å². The van der Waals surface area contributed by atoms with Gasteiger partial charge < -0.3 is 0 Å². The second kappa shape index (κ2) is 7.77. The van der Waals surface area contributed by atoms with Crippen molar-refractivity contribution in [3.63, 3.8) is 0 Å². The summed E-state index contributed by atoms with van der Waals surface area (Å²) in [6.07, 6.45) is 4.99. The number of carbonyl (C=O) groups is 1. The lowest BCUT2D eigenvalue weighted by Crippen LogP contribution is -1.88. The van der Waals surface area contributed by atoms with Crippen LogP contribution in [0.4, 0.5) is 0 Å². The van der Waals surface area contributed by atoms with Crippen LogP contribution in [0, 0.1) is 0 Å². The Balaban J connectivity index is 4.51. The van der Waals surface area contributed by atoms with E-state index in [1.807, 2.05) is 19.9 Å². The number of rotatable bonds is 5. The molecule has 0 amide bonds. The van der Waals surface area contributed by atoms with Crippen LogP contribution in [0.5, 0.6) is 0 Å². The average Bonchev–Trinajstić information content (AvgIpc) is 2.19. The van der Waals surface area contributed by atoms with E-state index in [2.05, 4.69) is 4.99 Å². The van der Waals surface area contributed by atoms with Crippen LogP contribution in [0.25, 0.3) is 0 Å². The van der Waals surface area contributed by atoms with Crippen molar-refractivity contribution in [2.75, 3.05) is 5.88 Å². The molecule has 0 aliphatic carbocycles. The topological polar surface area (TPSA) is 29.4 Å². The van der Waals surface area contributed by atoms with E-state index in [1.165, 1.54) is 5.57 Å². The number of hydrogen-bond donors (Lipinski definition) is 0. The number of halogens is 2. The molecule has 4 heteroatoms. The van der Waals surface area contributed by atoms with Gasteiger partial charge in [0.1, 0.15) is 11.4 Å². The number of aliphatic imine (C=N–C) groups is 1. The number of aldehydes is 1. The molecule has 0 aliphatic heterocycles. The maximum atomic E-state index is 10.4. The maximum absolute atomic E-state index is 10.4. The smallest absolute Gasteiger partial charge is 0.150 e. The standard InChI is InChI=1S/C10H13Cl2NO/c1-3-8(2)4-5-13-10(12)9(6-11)7-14/h4-5,7H,3,6H2,1-2H3. The maximum Gasteiger partial charge on any atom is 0.150 e. The molecule has 0 aromatic carbocycles. The Hall–Kier alpha value is -0.600. The van der Waals surface area contributed by atoms with Gasteiger partial charge in [0.25, 0.3) is 0 Å². The Morgan fingerprint density at radius 3 is 2.57 bits per heavy atom. The predicted octanol–water partition coefficient (Wildman–Crippen LogP) is 3.30. The van der Waals surface area contributed by atoms with E-state index in [-0.39, 0.29) is 11.0 Å². The molecule has 2 nitrogen and oxygen atoms in total. The number of hydrogen-bond acceptors (Lipinski definition) is 2. The summed E-state index contributed by atoms with van der Waals surface area (Å²) in [7, 11) is 0. The highest BCUT2D eigenvalue weighted by Gasteiger charge is 1.98. The molecule has 0 unspecified atom stereocenters. The van der Waals surface area contributed by atoms with E-state index < -0.39 is 0 Å². The Morgan fingerprint density at radius 2 is 2.14 bits per heavy atom. The van der Waals surface area contributed by atoms with Crippen molar-refractivity contribution < 1.29 is 4.79 Å². The summed E-state index contributed by atoms with van der Waals surface area (Å²) in [5, 5.41) is 0.148. The van der Waals surface area contributed by atoms with Crippen LogP contribution in [0.1, 0.15) is 20.3 Å². The fraction of sp³-hybridized carbons (Fsp3) is 0.400. The molecule has 0 aromatic heterocycles. The quantitative estimate of drug-likeness (QED) is 0.236. The lowest BCUT2D eigenvalue weighted by Gasteiger charge is -1.93. The van der Waals surface area contributed by atoms with E-state index in [4.69, 9.17) is 23.2 Å². The first-order chi connectivity index (χ1) is 6.65. The van der Waals surface area contributed by atoms with E-state index in [9.17, 15) is 4.79 Å². The first-order valence-corrected chi connectivity index (χ1v) is 5.16. The fourth-order valence-corrected chi connectivity index (χ4v) is 0.992. The Labute approximate surface area is 94.3 Å². The van der Waals surface area contributed by atoms with Gasteiger partial charge in [0.15, 0.2) is 0 Å². The number of carbonyl (C=O) groups excluding carboxylic acids is 1. The molecule has 0 fully saturated rings. The van der Waals surface area contributed by atoms with E-state index in [0.717, 1.165) is 6.42 Å². The molecule has 78 valence electrons. The lowest BCUT2D eigenvalue weighted by atomic mass is 10.2. The molecule has 0 bridgehead atoms. The van der Waals surface area contributed by atoms with Gasteiger partial charge in [-0.05, 0) is 19.4 Å². The molecule has 0 radical (unpaired) electrons. The zero-order valence-electron chi connectivity index (χ0n) is 8.26. The van der Waals surface area contributed by atoms with Gasteiger partial charge in [-0.25, -0.2) is 4.99 Å². The zero-order valence-corrected chi connectivity index (χ0v) is 9.77. The van der Waals surface area contributed by atoms with Crippen molar-refractivity contribution in [2.45, 2.75) is 20.3 Å². The monoisotopic (exact) mass is 233 g/mol. The Kier molecular flexibility index (Phi) is 7.44. The van der Waals surface area contributed by atoms with Gasteiger partial charge in [-0.3, -0.25) is 4.79 Å². The minimum Gasteiger partial charge on any atom is -0.298 e. The van der Waals surface area contributed by atoms with Crippen LogP contribution in [0.2, 0.25) is 0 Å². The highest BCUT2D eigenvalue weighted by molar-refractivity contribution is 6.33. The van der Waals surface area contributed by atoms with Gasteiger partial charge in [-0.2, -0.15) is 0 Å². The number of nitrogens with zero attached hydrogens (tertiary/aromatic N) is 1. The zero-order chi connectivity index (χ0) is 11.0. The summed E-state index contributed by atoms with van der Waals surface area (Å²) >= 11 is 11.2. The minimum atomic E-state index is 0.0795. The summed E-state index contributed by atoms with van der Waals surface area (Å²) in [4.78, 5) is 14.3. The van der Waals surface area contributed by atoms with E-state index >= 15 is 0 Å². The van der Waals surface area contributed by atoms with Crippen LogP contribution >= 0.6 is 23.2 Å². The highest BCUT2D eigenvalue weighted by Crippen LogP contribution is 2.10. The van der Waals surface area contributed by atoms with Gasteiger partial charge in [0.2, 0.25) is 0 Å². The first kappa shape index (κ1) is 13.4. The van der Waals surface area contributed by atoms with Gasteiger partial charge in [-0.1, -0.05) is 24.1 Å². The second-order valence-corrected chi connectivity index (χ2v) is 3.34. The normalized spacial score (nSPS) is 14.4. The van der Waals surface area contributed by atoms with Crippen molar-refractivity contribution >= 4 is 35.7 Å². The van der Waals surface area contributed by atoms with Crippen LogP contribution < -0.4 is 0 Å². The first-order valence-electron chi connectivity index (χ1n) is 4.25. The summed E-state index contributed by atoms with van der Waals surface area (Å²) in [6.45, 7) is 4.04. The van der Waals surface area contributed by atoms with Crippen molar-refractivity contribution in [3.05, 3.63) is 22.4 Å². The summed E-state index contributed by atoms with van der Waals surface area (Å²) in [6, 6.07) is 0. The third-order valence-corrected chi connectivity index (χ3v) is 2.28. The predicted molar refractivity (Wildman–Crippen MR) is 62.2 cm³/mol. The van der Waals surface area contributed by atoms with Gasteiger partial charge in [-0.15, -0.1) is 11.6 Å². The number of alkyl halides is 1. The molecule has 0 heterocycles. The molecule has 0 aliphatic rings. The number of allylic oxidation sites excluding steroid dienone is 3. The van der Waals surface area contributed by atoms with Crippen molar-refractivity contribution in [2.24, 2.45) is 4.99 Å². The Bertz CT molecular complexity index is 280. The van der Waals surface area contributed by atoms with E-state index in [0.29, 0.717) is 11.9 Å². The summed E-state index contributed by atoms with van der Waals surface area (Å²) in [5.41, 5.74) is 1.49. The van der Waals surface area contributed by atoms with Crippen LogP contribution in [-0.4, -0.2) is 18.4 Å². The average molecular weight is 234 g/mol. The SMILES string of the molecule is CCC(C)=CC=NC(Cl)=C(C=O)CCl. The Morgan fingerprint density at radius 1 is 1.50 bits per heavy atom. The fourth-order valence-electron chi connectivity index (χ4n) is 0.566. The molecular weight excluding hydrogens is 221 g/mol. The van der Waals surface area contributed by atoms with Crippen molar-refractivity contribution in [1.29, 1.82) is 0 Å². The van der Waals surface area contributed by atoms with Crippen molar-refractivity contribution in [3.8, 4) is 0 Å². The van der Waals surface area contributed by atoms with Gasteiger partial charge in [0, 0.05) is 11.8 Å². The molecule has 0 spiro atoms. The third kappa shape index (κ3) is 5.20. The lowest BCUT2D eigenvalue weighted by molar-refractivity contribution is -0.104. The molecule has 0 saturated heterocycles. The van der Waals surface area contributed by atoms with Gasteiger partial charge in [0.05, 0.1) is 5.88 Å². The third-order valence-electron chi connectivity index (χ3n) is 1.66. The van der Waals surface area contributed by atoms with Crippen LogP contribution in [-0.2, 0) is 4.79 Å². The molecule has 14 heavy (non-hydrogen) atoms. The molecule has 0 rings (SSSR count). The summed E-state index contributed by atoms with van der Waals surface area (Å²) in [5.74, 6) is 0.0795. The molecular formula is C10H13Cl2NO. The van der Waals surface area contributed by atoms with Crippen molar-refractivity contribution in [1.82, 2.24) is 0 Å². The highest BCUT2D eigenvalue weighted by atomic mass is 35.5. The largest absolute Gasteiger partial charge is 0.298 e. The molecule has 0 N–H and O–H groups in total. The molecule has 0 aromatic rings. The van der Waals surface area contributed by atoms with Gasteiger partial charge >= 0.3 is 0 Å². The molecule has 0 saturated carbocycles. The molecule has 0 atom stereocenters. The second-order valence-electron chi connectivity index (χ2n) is 2.71. The van der Waals surface area contributed by atoms with Crippen LogP contribution in [0.15, 0.2) is 27.4 Å².